The van der Waals surface area contributed by atoms with E-state index in [9.17, 15) is 4.79 Å². The van der Waals surface area contributed by atoms with E-state index in [1.165, 1.54) is 30.0 Å². The standard InChI is InChI=1S/C26H17Cl3N4O3S/c1-35-21-12-14(11-20(29)22(21)36-13-15-6-2-4-8-18(15)27)10-17-23(30)33-26(31-24(17)34)37-25(32-33)16-7-3-5-9-19(16)28/h2-12,30H,13H2,1H3/b17-10+,30-23?. The van der Waals surface area contributed by atoms with Crippen molar-refractivity contribution in [1.29, 1.82) is 5.41 Å². The van der Waals surface area contributed by atoms with Gasteiger partial charge in [0.15, 0.2) is 17.3 Å². The minimum atomic E-state index is -0.562. The van der Waals surface area contributed by atoms with Gasteiger partial charge in [0.2, 0.25) is 5.17 Å². The van der Waals surface area contributed by atoms with Gasteiger partial charge in [0.25, 0.3) is 5.91 Å². The van der Waals surface area contributed by atoms with Gasteiger partial charge in [0, 0.05) is 16.1 Å². The third-order valence-corrected chi connectivity index (χ3v) is 7.37. The predicted octanol–water partition coefficient (Wildman–Crippen LogP) is 6.90. The van der Waals surface area contributed by atoms with Crippen molar-refractivity contribution in [2.24, 2.45) is 10.1 Å². The molecule has 0 unspecified atom stereocenters. The van der Waals surface area contributed by atoms with E-state index in [-0.39, 0.29) is 23.0 Å². The molecular formula is C26H17Cl3N4O3S. The normalized spacial score (nSPS) is 16.0. The van der Waals surface area contributed by atoms with Crippen LogP contribution in [0.3, 0.4) is 0 Å². The molecule has 5 rings (SSSR count). The molecule has 0 saturated carbocycles. The van der Waals surface area contributed by atoms with Crippen molar-refractivity contribution in [2.45, 2.75) is 6.61 Å². The van der Waals surface area contributed by atoms with E-state index in [1.54, 1.807) is 24.3 Å². The van der Waals surface area contributed by atoms with E-state index in [0.29, 0.717) is 42.9 Å². The number of ether oxygens (including phenoxy) is 2. The lowest BCUT2D eigenvalue weighted by molar-refractivity contribution is -0.114. The molecule has 3 aromatic rings. The lowest BCUT2D eigenvalue weighted by Gasteiger charge is -2.20. The van der Waals surface area contributed by atoms with Crippen molar-refractivity contribution in [3.8, 4) is 11.5 Å². The van der Waals surface area contributed by atoms with Crippen molar-refractivity contribution in [3.05, 3.63) is 98.0 Å². The molecule has 1 amide bonds. The highest BCUT2D eigenvalue weighted by molar-refractivity contribution is 8.27. The molecular weight excluding hydrogens is 555 g/mol. The zero-order chi connectivity index (χ0) is 26.1. The second-order valence-electron chi connectivity index (χ2n) is 7.82. The number of fused-ring (bicyclic) bond motifs is 1. The van der Waals surface area contributed by atoms with E-state index in [2.05, 4.69) is 10.1 Å². The number of halogens is 3. The van der Waals surface area contributed by atoms with Crippen molar-refractivity contribution in [2.75, 3.05) is 7.11 Å². The van der Waals surface area contributed by atoms with Crippen LogP contribution in [0.25, 0.3) is 6.08 Å². The van der Waals surface area contributed by atoms with Gasteiger partial charge in [-0.2, -0.15) is 15.1 Å². The number of nitrogens with zero attached hydrogens (tertiary/aromatic N) is 3. The molecule has 0 aromatic heterocycles. The molecule has 0 spiro atoms. The van der Waals surface area contributed by atoms with Gasteiger partial charge < -0.3 is 9.47 Å². The number of amides is 1. The van der Waals surface area contributed by atoms with Crippen molar-refractivity contribution in [3.63, 3.8) is 0 Å². The Balaban J connectivity index is 1.43. The van der Waals surface area contributed by atoms with Gasteiger partial charge >= 0.3 is 0 Å². The summed E-state index contributed by atoms with van der Waals surface area (Å²) >= 11 is 20.2. The van der Waals surface area contributed by atoms with E-state index >= 15 is 0 Å². The molecule has 11 heteroatoms. The number of amidine groups is 2. The monoisotopic (exact) mass is 570 g/mol. The minimum absolute atomic E-state index is 0.0522. The Labute approximate surface area is 231 Å². The van der Waals surface area contributed by atoms with E-state index in [4.69, 9.17) is 49.7 Å². The summed E-state index contributed by atoms with van der Waals surface area (Å²) in [6.07, 6.45) is 1.52. The summed E-state index contributed by atoms with van der Waals surface area (Å²) in [6.45, 7) is 0.190. The fraction of sp³-hybridized carbons (Fsp3) is 0.0769. The molecule has 186 valence electrons. The number of benzene rings is 3. The number of carbonyl (C=O) groups excluding carboxylic acids is 1. The summed E-state index contributed by atoms with van der Waals surface area (Å²) in [5.74, 6) is 0.0230. The Kier molecular flexibility index (Phi) is 7.26. The molecule has 0 fully saturated rings. The van der Waals surface area contributed by atoms with Crippen LogP contribution in [-0.2, 0) is 11.4 Å². The Morgan fingerprint density at radius 2 is 1.76 bits per heavy atom. The summed E-state index contributed by atoms with van der Waals surface area (Å²) in [5, 5.41) is 16.6. The molecule has 0 bridgehead atoms. The van der Waals surface area contributed by atoms with Crippen molar-refractivity contribution < 1.29 is 14.3 Å². The van der Waals surface area contributed by atoms with Crippen LogP contribution < -0.4 is 9.47 Å². The van der Waals surface area contributed by atoms with Crippen LogP contribution in [0.4, 0.5) is 0 Å². The molecule has 7 nitrogen and oxygen atoms in total. The lowest BCUT2D eigenvalue weighted by atomic mass is 10.1. The van der Waals surface area contributed by atoms with Gasteiger partial charge in [0.1, 0.15) is 11.7 Å². The topological polar surface area (TPSA) is 87.3 Å². The van der Waals surface area contributed by atoms with Crippen LogP contribution in [0.1, 0.15) is 16.7 Å². The van der Waals surface area contributed by atoms with Crippen LogP contribution in [0, 0.1) is 5.41 Å². The number of hydrazone groups is 1. The van der Waals surface area contributed by atoms with E-state index < -0.39 is 5.91 Å². The first kappa shape index (κ1) is 25.4. The van der Waals surface area contributed by atoms with Gasteiger partial charge in [-0.15, -0.1) is 0 Å². The quantitative estimate of drug-likeness (QED) is 0.325. The van der Waals surface area contributed by atoms with E-state index in [1.807, 2.05) is 36.4 Å². The molecule has 0 atom stereocenters. The average Bonchev–Trinajstić information content (AvgIpc) is 3.30. The average molecular weight is 572 g/mol. The molecule has 0 saturated heterocycles. The maximum absolute atomic E-state index is 12.8. The van der Waals surface area contributed by atoms with Crippen LogP contribution in [-0.4, -0.2) is 34.1 Å². The number of carbonyl (C=O) groups is 1. The number of hydrogen-bond acceptors (Lipinski definition) is 6. The maximum Gasteiger partial charge on any atom is 0.283 e. The van der Waals surface area contributed by atoms with Crippen LogP contribution in [0.15, 0.2) is 76.3 Å². The molecule has 2 aliphatic rings. The van der Waals surface area contributed by atoms with Crippen molar-refractivity contribution in [1.82, 2.24) is 5.01 Å². The zero-order valence-electron chi connectivity index (χ0n) is 19.2. The second kappa shape index (κ2) is 10.6. The number of hydrogen-bond donors (Lipinski definition) is 1. The number of methoxy groups -OCH3 is 1. The minimum Gasteiger partial charge on any atom is -0.493 e. The van der Waals surface area contributed by atoms with Crippen molar-refractivity contribution >= 4 is 74.6 Å². The Hall–Kier alpha value is -3.30. The Morgan fingerprint density at radius 1 is 1.03 bits per heavy atom. The first-order valence-corrected chi connectivity index (χ1v) is 12.8. The van der Waals surface area contributed by atoms with Crippen LogP contribution in [0.2, 0.25) is 15.1 Å². The first-order chi connectivity index (χ1) is 17.9. The van der Waals surface area contributed by atoms with Crippen LogP contribution >= 0.6 is 46.6 Å². The number of nitrogens with one attached hydrogen (secondary N) is 1. The van der Waals surface area contributed by atoms with E-state index in [0.717, 1.165) is 5.56 Å². The highest BCUT2D eigenvalue weighted by Crippen LogP contribution is 2.39. The van der Waals surface area contributed by atoms with Gasteiger partial charge in [-0.3, -0.25) is 10.2 Å². The molecule has 3 aromatic carbocycles. The summed E-state index contributed by atoms with van der Waals surface area (Å²) < 4.78 is 11.4. The molecule has 1 N–H and O–H groups in total. The summed E-state index contributed by atoms with van der Waals surface area (Å²) in [4.78, 5) is 17.0. The number of aliphatic imine (C=N–C) groups is 1. The summed E-state index contributed by atoms with van der Waals surface area (Å²) in [7, 11) is 1.49. The SMILES string of the molecule is COc1cc(/C=C2\C(=N)N3N=C(c4ccccc4Cl)SC3=NC2=O)cc(Cl)c1OCc1ccccc1Cl. The van der Waals surface area contributed by atoms with Crippen LogP contribution in [0.5, 0.6) is 11.5 Å². The van der Waals surface area contributed by atoms with Gasteiger partial charge in [0.05, 0.1) is 22.7 Å². The third-order valence-electron chi connectivity index (χ3n) is 5.45. The maximum atomic E-state index is 12.8. The molecule has 2 heterocycles. The molecule has 0 radical (unpaired) electrons. The lowest BCUT2D eigenvalue weighted by Crippen LogP contribution is -2.35. The largest absolute Gasteiger partial charge is 0.493 e. The third kappa shape index (κ3) is 5.10. The Bertz CT molecular complexity index is 1540. The zero-order valence-corrected chi connectivity index (χ0v) is 22.3. The summed E-state index contributed by atoms with van der Waals surface area (Å²) in [6, 6.07) is 17.8. The highest BCUT2D eigenvalue weighted by Gasteiger charge is 2.36. The Morgan fingerprint density at radius 3 is 2.49 bits per heavy atom. The second-order valence-corrected chi connectivity index (χ2v) is 10.00. The van der Waals surface area contributed by atoms with Gasteiger partial charge in [-0.25, -0.2) is 0 Å². The fourth-order valence-electron chi connectivity index (χ4n) is 3.63. The number of rotatable bonds is 6. The molecule has 0 aliphatic carbocycles. The first-order valence-electron chi connectivity index (χ1n) is 10.8. The highest BCUT2D eigenvalue weighted by atomic mass is 35.5. The molecule has 2 aliphatic heterocycles. The predicted molar refractivity (Wildman–Crippen MR) is 149 cm³/mol. The fourth-order valence-corrected chi connectivity index (χ4v) is 5.31. The number of thioether (sulfide) groups is 1. The summed E-state index contributed by atoms with van der Waals surface area (Å²) in [5.41, 5.74) is 2.07. The smallest absolute Gasteiger partial charge is 0.283 e. The molecule has 37 heavy (non-hydrogen) atoms. The van der Waals surface area contributed by atoms with Gasteiger partial charge in [-0.05, 0) is 47.7 Å². The van der Waals surface area contributed by atoms with Gasteiger partial charge in [-0.1, -0.05) is 71.2 Å².